The highest BCUT2D eigenvalue weighted by Crippen LogP contribution is 2.19. The highest BCUT2D eigenvalue weighted by atomic mass is 14.9. The Balaban J connectivity index is 2.70. The van der Waals surface area contributed by atoms with Gasteiger partial charge in [-0.1, -0.05) is 18.2 Å². The third-order valence-corrected chi connectivity index (χ3v) is 2.49. The van der Waals surface area contributed by atoms with Gasteiger partial charge in [-0.05, 0) is 31.0 Å². The summed E-state index contributed by atoms with van der Waals surface area (Å²) in [5.74, 6) is 0. The Labute approximate surface area is 96.6 Å². The molecule has 15 heavy (non-hydrogen) atoms. The maximum atomic E-state index is 7.91. The van der Waals surface area contributed by atoms with Crippen molar-refractivity contribution in [1.29, 1.82) is 0 Å². The van der Waals surface area contributed by atoms with Crippen molar-refractivity contribution in [3.05, 3.63) is 53.7 Å². The summed E-state index contributed by atoms with van der Waals surface area (Å²) in [4.78, 5) is 0. The number of rotatable bonds is 1. The molecule has 0 aliphatic rings. The minimum Gasteiger partial charge on any atom is -0.201 e. The highest BCUT2D eigenvalue weighted by molar-refractivity contribution is 5.61. The van der Waals surface area contributed by atoms with Gasteiger partial charge in [0.15, 0.2) is 6.17 Å². The Morgan fingerprint density at radius 2 is 2.07 bits per heavy atom. The quantitative estimate of drug-likeness (QED) is 0.626. The Kier molecular flexibility index (Phi) is 1.56. The normalized spacial score (nSPS) is 15.1. The fraction of sp³-hybridized carbons (Fsp3) is 0.214. The summed E-state index contributed by atoms with van der Waals surface area (Å²) < 4.78 is 32.1. The van der Waals surface area contributed by atoms with E-state index >= 15 is 0 Å². The van der Waals surface area contributed by atoms with Crippen molar-refractivity contribution in [2.75, 3.05) is 0 Å². The molecule has 76 valence electrons. The lowest BCUT2D eigenvalue weighted by atomic mass is 10.0. The van der Waals surface area contributed by atoms with Crippen molar-refractivity contribution in [3.63, 3.8) is 0 Å². The van der Waals surface area contributed by atoms with Gasteiger partial charge in [-0.15, -0.1) is 0 Å². The molecule has 0 radical (unpaired) electrons. The second-order valence-electron chi connectivity index (χ2n) is 3.63. The molecule has 0 N–H and O–H groups in total. The standard InChI is InChI=1S/C14H16N/c1-11-8-9-15(3)14(10-11)13-7-5-4-6-12(13)2/h4-10H,1-3H3/q+1/i1D3,9D. The summed E-state index contributed by atoms with van der Waals surface area (Å²) >= 11 is 0. The van der Waals surface area contributed by atoms with Crippen LogP contribution in [0.1, 0.15) is 16.6 Å². The van der Waals surface area contributed by atoms with Crippen LogP contribution in [0.4, 0.5) is 0 Å². The second kappa shape index (κ2) is 3.85. The molecule has 0 unspecified atom stereocenters. The van der Waals surface area contributed by atoms with Gasteiger partial charge in [0.05, 0.1) is 0 Å². The van der Waals surface area contributed by atoms with Crippen molar-refractivity contribution in [1.82, 2.24) is 0 Å². The zero-order valence-electron chi connectivity index (χ0n) is 12.9. The number of hydrogen-bond donors (Lipinski definition) is 0. The molecule has 1 heterocycles. The number of pyridine rings is 1. The van der Waals surface area contributed by atoms with Crippen LogP contribution in [0.2, 0.25) is 0 Å². The van der Waals surface area contributed by atoms with E-state index in [4.69, 9.17) is 5.48 Å². The lowest BCUT2D eigenvalue weighted by Gasteiger charge is -2.04. The van der Waals surface area contributed by atoms with Gasteiger partial charge in [0.2, 0.25) is 5.69 Å². The maximum absolute atomic E-state index is 7.91. The van der Waals surface area contributed by atoms with Gasteiger partial charge in [-0.3, -0.25) is 0 Å². The summed E-state index contributed by atoms with van der Waals surface area (Å²) in [6.07, 6.45) is 0.187. The first-order valence-electron chi connectivity index (χ1n) is 6.88. The van der Waals surface area contributed by atoms with Crippen LogP contribution in [0.25, 0.3) is 11.3 Å². The molecule has 0 aliphatic carbocycles. The maximum Gasteiger partial charge on any atom is 0.212 e. The molecule has 0 fully saturated rings. The zero-order valence-corrected chi connectivity index (χ0v) is 8.91. The lowest BCUT2D eigenvalue weighted by molar-refractivity contribution is -0.660. The number of hydrogen-bond acceptors (Lipinski definition) is 0. The van der Waals surface area contributed by atoms with Gasteiger partial charge in [-0.25, -0.2) is 4.57 Å². The van der Waals surface area contributed by atoms with E-state index in [9.17, 15) is 0 Å². The van der Waals surface area contributed by atoms with Crippen LogP contribution in [0.3, 0.4) is 0 Å². The molecule has 1 heteroatoms. The van der Waals surface area contributed by atoms with Crippen LogP contribution in [0.5, 0.6) is 0 Å². The van der Waals surface area contributed by atoms with Crippen LogP contribution in [-0.4, -0.2) is 0 Å². The monoisotopic (exact) mass is 202 g/mol. The van der Waals surface area contributed by atoms with Gasteiger partial charge >= 0.3 is 0 Å². The third-order valence-electron chi connectivity index (χ3n) is 2.49. The molecule has 2 aromatic rings. The van der Waals surface area contributed by atoms with Gasteiger partial charge in [0.25, 0.3) is 0 Å². The van der Waals surface area contributed by atoms with E-state index < -0.39 is 6.85 Å². The summed E-state index contributed by atoms with van der Waals surface area (Å²) in [7, 11) is 1.77. The van der Waals surface area contributed by atoms with Crippen molar-refractivity contribution < 1.29 is 10.1 Å². The average Bonchev–Trinajstić information content (AvgIpc) is 2.32. The summed E-state index contributed by atoms with van der Waals surface area (Å²) in [5, 5.41) is 0. The van der Waals surface area contributed by atoms with E-state index in [1.165, 1.54) is 6.07 Å². The zero-order chi connectivity index (χ0) is 14.2. The van der Waals surface area contributed by atoms with Crippen molar-refractivity contribution in [2.45, 2.75) is 13.8 Å². The van der Waals surface area contributed by atoms with Crippen LogP contribution >= 0.6 is 0 Å². The summed E-state index contributed by atoms with van der Waals surface area (Å²) in [5.41, 5.74) is 2.95. The Morgan fingerprint density at radius 1 is 1.27 bits per heavy atom. The van der Waals surface area contributed by atoms with Gasteiger partial charge < -0.3 is 0 Å². The second-order valence-corrected chi connectivity index (χ2v) is 3.63. The van der Waals surface area contributed by atoms with Crippen LogP contribution in [-0.2, 0) is 7.05 Å². The van der Waals surface area contributed by atoms with Crippen LogP contribution < -0.4 is 4.57 Å². The first kappa shape index (κ1) is 6.06. The molecule has 1 aromatic heterocycles. The minimum atomic E-state index is -2.19. The fourth-order valence-corrected chi connectivity index (χ4v) is 1.64. The topological polar surface area (TPSA) is 3.88 Å². The van der Waals surface area contributed by atoms with E-state index in [0.29, 0.717) is 0 Å². The minimum absolute atomic E-state index is 0.187. The number of aryl methyl sites for hydroxylation is 2. The van der Waals surface area contributed by atoms with Gasteiger partial charge in [-0.2, -0.15) is 0 Å². The molecule has 0 saturated carbocycles. The molecule has 2 rings (SSSR count). The first-order valence-corrected chi connectivity index (χ1v) is 4.88. The van der Waals surface area contributed by atoms with E-state index in [-0.39, 0.29) is 11.7 Å². The Bertz CT molecular complexity index is 617. The van der Waals surface area contributed by atoms with E-state index in [0.717, 1.165) is 16.8 Å². The molecular formula is C14H16N+. The third kappa shape index (κ3) is 1.91. The van der Waals surface area contributed by atoms with Crippen molar-refractivity contribution >= 4 is 0 Å². The number of aromatic nitrogens is 1. The Hall–Kier alpha value is -1.63. The predicted molar refractivity (Wildman–Crippen MR) is 62.5 cm³/mol. The van der Waals surface area contributed by atoms with Crippen molar-refractivity contribution in [3.8, 4) is 11.3 Å². The average molecular weight is 202 g/mol. The molecule has 0 saturated heterocycles. The molecule has 1 nitrogen and oxygen atoms in total. The van der Waals surface area contributed by atoms with Crippen LogP contribution in [0, 0.1) is 13.8 Å². The molecule has 0 amide bonds. The Morgan fingerprint density at radius 3 is 2.80 bits per heavy atom. The SMILES string of the molecule is [2H]c1cc(C([2H])([2H])[2H])cc(-c2ccccc2C)[n+]1C. The molecule has 0 aliphatic heterocycles. The lowest BCUT2D eigenvalue weighted by Crippen LogP contribution is -2.30. The number of benzene rings is 1. The molecular weight excluding hydrogens is 182 g/mol. The molecule has 1 aromatic carbocycles. The van der Waals surface area contributed by atoms with E-state index in [1.807, 2.05) is 31.2 Å². The van der Waals surface area contributed by atoms with Gasteiger partial charge in [0, 0.05) is 21.8 Å². The summed E-state index contributed by atoms with van der Waals surface area (Å²) in [6.45, 7) is -0.220. The van der Waals surface area contributed by atoms with Gasteiger partial charge in [0.1, 0.15) is 8.42 Å². The fourth-order valence-electron chi connectivity index (χ4n) is 1.64. The molecule has 0 bridgehead atoms. The smallest absolute Gasteiger partial charge is 0.201 e. The van der Waals surface area contributed by atoms with Crippen LogP contribution in [0.15, 0.2) is 42.6 Å². The van der Waals surface area contributed by atoms with Crippen molar-refractivity contribution in [2.24, 2.45) is 7.05 Å². The highest BCUT2D eigenvalue weighted by Gasteiger charge is 2.10. The molecule has 0 spiro atoms. The predicted octanol–water partition coefficient (Wildman–Crippen LogP) is 2.79. The largest absolute Gasteiger partial charge is 0.212 e. The summed E-state index contributed by atoms with van der Waals surface area (Å²) in [6, 6.07) is 10.8. The van der Waals surface area contributed by atoms with E-state index in [1.54, 1.807) is 17.7 Å². The van der Waals surface area contributed by atoms with E-state index in [2.05, 4.69) is 0 Å². The first-order chi connectivity index (χ1) is 8.80. The molecule has 0 atom stereocenters. The number of nitrogens with zero attached hydrogens (tertiary/aromatic N) is 1.